The van der Waals surface area contributed by atoms with Crippen LogP contribution < -0.4 is 5.32 Å². The van der Waals surface area contributed by atoms with Crippen molar-refractivity contribution in [1.82, 2.24) is 5.32 Å². The van der Waals surface area contributed by atoms with E-state index in [2.05, 4.69) is 28.2 Å². The van der Waals surface area contributed by atoms with E-state index in [1.807, 2.05) is 24.3 Å². The molecule has 0 amide bonds. The molecule has 0 saturated heterocycles. The van der Waals surface area contributed by atoms with Crippen LogP contribution in [-0.2, 0) is 16.1 Å². The molecule has 0 aliphatic heterocycles. The summed E-state index contributed by atoms with van der Waals surface area (Å²) in [5.74, 6) is -0.180. The van der Waals surface area contributed by atoms with Crippen LogP contribution in [0, 0.1) is 0 Å². The number of hydrogen-bond acceptors (Lipinski definition) is 3. The molecule has 1 unspecified atom stereocenters. The van der Waals surface area contributed by atoms with E-state index in [0.717, 1.165) is 29.3 Å². The third kappa shape index (κ3) is 5.19. The van der Waals surface area contributed by atoms with E-state index < -0.39 is 0 Å². The average Bonchev–Trinajstić information content (AvgIpc) is 2.40. The van der Waals surface area contributed by atoms with Crippen LogP contribution in [0.2, 0.25) is 0 Å². The van der Waals surface area contributed by atoms with Gasteiger partial charge in [0.2, 0.25) is 0 Å². The van der Waals surface area contributed by atoms with Crippen molar-refractivity contribution >= 4 is 21.9 Å². The van der Waals surface area contributed by atoms with E-state index >= 15 is 0 Å². The van der Waals surface area contributed by atoms with E-state index in [9.17, 15) is 4.79 Å². The van der Waals surface area contributed by atoms with Gasteiger partial charge in [0.15, 0.2) is 0 Å². The number of esters is 1. The number of unbranched alkanes of at least 4 members (excludes halogenated alkanes) is 1. The molecule has 0 aliphatic rings. The third-order valence-corrected chi connectivity index (χ3v) is 3.33. The second kappa shape index (κ2) is 8.27. The zero-order valence-corrected chi connectivity index (χ0v) is 12.5. The molecule has 1 aromatic carbocycles. The van der Waals surface area contributed by atoms with Crippen molar-refractivity contribution < 1.29 is 9.53 Å². The minimum atomic E-state index is -0.210. The van der Waals surface area contributed by atoms with Crippen LogP contribution in [0.1, 0.15) is 31.7 Å². The van der Waals surface area contributed by atoms with Crippen LogP contribution in [-0.4, -0.2) is 19.1 Å². The highest BCUT2D eigenvalue weighted by Gasteiger charge is 2.17. The Morgan fingerprint density at radius 1 is 1.39 bits per heavy atom. The Kier molecular flexibility index (Phi) is 6.98. The first-order valence-corrected chi connectivity index (χ1v) is 7.02. The van der Waals surface area contributed by atoms with E-state index in [-0.39, 0.29) is 12.0 Å². The topological polar surface area (TPSA) is 38.3 Å². The molecule has 0 radical (unpaired) electrons. The Morgan fingerprint density at radius 2 is 2.06 bits per heavy atom. The summed E-state index contributed by atoms with van der Waals surface area (Å²) in [6.07, 6.45) is 2.92. The Hall–Kier alpha value is -0.870. The van der Waals surface area contributed by atoms with Crippen LogP contribution in [0.25, 0.3) is 0 Å². The molecule has 0 heterocycles. The molecule has 0 aliphatic carbocycles. The summed E-state index contributed by atoms with van der Waals surface area (Å²) in [4.78, 5) is 11.6. The number of methoxy groups -OCH3 is 1. The predicted octanol–water partition coefficient (Wildman–Crippen LogP) is 3.27. The third-order valence-electron chi connectivity index (χ3n) is 2.80. The number of benzene rings is 1. The van der Waals surface area contributed by atoms with Crippen LogP contribution in [0.15, 0.2) is 28.7 Å². The summed E-state index contributed by atoms with van der Waals surface area (Å²) in [5, 5.41) is 3.25. The standard InChI is InChI=1S/C14H20BrNO2/c1-3-4-5-13(14(17)18-2)16-10-11-6-8-12(15)9-7-11/h6-9,13,16H,3-5,10H2,1-2H3. The summed E-state index contributed by atoms with van der Waals surface area (Å²) < 4.78 is 5.87. The summed E-state index contributed by atoms with van der Waals surface area (Å²) in [7, 11) is 1.43. The Morgan fingerprint density at radius 3 is 2.61 bits per heavy atom. The number of ether oxygens (including phenoxy) is 1. The Labute approximate surface area is 117 Å². The smallest absolute Gasteiger partial charge is 0.322 e. The summed E-state index contributed by atoms with van der Waals surface area (Å²) >= 11 is 3.40. The lowest BCUT2D eigenvalue weighted by molar-refractivity contribution is -0.143. The second-order valence-electron chi connectivity index (χ2n) is 4.23. The molecule has 100 valence electrons. The fraction of sp³-hybridized carbons (Fsp3) is 0.500. The molecular formula is C14H20BrNO2. The maximum atomic E-state index is 11.6. The average molecular weight is 314 g/mol. The molecule has 1 aromatic rings. The molecule has 0 fully saturated rings. The van der Waals surface area contributed by atoms with Crippen LogP contribution in [0.3, 0.4) is 0 Å². The molecule has 0 aromatic heterocycles. The monoisotopic (exact) mass is 313 g/mol. The van der Waals surface area contributed by atoms with E-state index in [1.54, 1.807) is 0 Å². The van der Waals surface area contributed by atoms with Crippen LogP contribution in [0.4, 0.5) is 0 Å². The van der Waals surface area contributed by atoms with Crippen molar-refractivity contribution in [2.45, 2.75) is 38.8 Å². The van der Waals surface area contributed by atoms with Gasteiger partial charge in [-0.25, -0.2) is 0 Å². The normalized spacial score (nSPS) is 12.2. The fourth-order valence-electron chi connectivity index (χ4n) is 1.70. The first-order valence-electron chi connectivity index (χ1n) is 6.23. The minimum Gasteiger partial charge on any atom is -0.468 e. The van der Waals surface area contributed by atoms with Gasteiger partial charge in [-0.05, 0) is 24.1 Å². The van der Waals surface area contributed by atoms with Gasteiger partial charge < -0.3 is 10.1 Å². The van der Waals surface area contributed by atoms with Gasteiger partial charge in [0, 0.05) is 11.0 Å². The zero-order valence-electron chi connectivity index (χ0n) is 10.9. The SMILES string of the molecule is CCCCC(NCc1ccc(Br)cc1)C(=O)OC. The molecule has 0 spiro atoms. The summed E-state index contributed by atoms with van der Waals surface area (Å²) in [6.45, 7) is 2.79. The first kappa shape index (κ1) is 15.2. The Bertz CT molecular complexity index is 365. The largest absolute Gasteiger partial charge is 0.468 e. The molecule has 3 nitrogen and oxygen atoms in total. The quantitative estimate of drug-likeness (QED) is 0.785. The van der Waals surface area contributed by atoms with Gasteiger partial charge in [-0.2, -0.15) is 0 Å². The number of nitrogens with one attached hydrogen (secondary N) is 1. The highest BCUT2D eigenvalue weighted by atomic mass is 79.9. The molecule has 4 heteroatoms. The molecule has 1 N–H and O–H groups in total. The van der Waals surface area contributed by atoms with E-state index in [0.29, 0.717) is 6.54 Å². The lowest BCUT2D eigenvalue weighted by Gasteiger charge is -2.16. The van der Waals surface area contributed by atoms with Gasteiger partial charge in [0.25, 0.3) is 0 Å². The second-order valence-corrected chi connectivity index (χ2v) is 5.14. The van der Waals surface area contributed by atoms with Crippen molar-refractivity contribution in [3.05, 3.63) is 34.3 Å². The molecule has 0 bridgehead atoms. The minimum absolute atomic E-state index is 0.180. The van der Waals surface area contributed by atoms with Gasteiger partial charge in [-0.15, -0.1) is 0 Å². The van der Waals surface area contributed by atoms with Crippen molar-refractivity contribution in [2.75, 3.05) is 7.11 Å². The van der Waals surface area contributed by atoms with Crippen molar-refractivity contribution in [2.24, 2.45) is 0 Å². The fourth-order valence-corrected chi connectivity index (χ4v) is 1.96. The zero-order chi connectivity index (χ0) is 13.4. The number of rotatable bonds is 7. The summed E-state index contributed by atoms with van der Waals surface area (Å²) in [5.41, 5.74) is 1.16. The molecule has 0 saturated carbocycles. The highest BCUT2D eigenvalue weighted by molar-refractivity contribution is 9.10. The Balaban J connectivity index is 2.50. The first-order chi connectivity index (χ1) is 8.67. The van der Waals surface area contributed by atoms with Crippen molar-refractivity contribution in [1.29, 1.82) is 0 Å². The molecule has 1 rings (SSSR count). The maximum Gasteiger partial charge on any atom is 0.322 e. The van der Waals surface area contributed by atoms with Crippen molar-refractivity contribution in [3.63, 3.8) is 0 Å². The number of carbonyl (C=O) groups excluding carboxylic acids is 1. The number of carbonyl (C=O) groups is 1. The maximum absolute atomic E-state index is 11.6. The van der Waals surface area contributed by atoms with Crippen LogP contribution >= 0.6 is 15.9 Å². The molecular weight excluding hydrogens is 294 g/mol. The van der Waals surface area contributed by atoms with Gasteiger partial charge in [-0.3, -0.25) is 4.79 Å². The van der Waals surface area contributed by atoms with Gasteiger partial charge >= 0.3 is 5.97 Å². The summed E-state index contributed by atoms with van der Waals surface area (Å²) in [6, 6.07) is 7.85. The van der Waals surface area contributed by atoms with E-state index in [4.69, 9.17) is 4.74 Å². The predicted molar refractivity (Wildman–Crippen MR) is 76.3 cm³/mol. The number of hydrogen-bond donors (Lipinski definition) is 1. The van der Waals surface area contributed by atoms with E-state index in [1.165, 1.54) is 7.11 Å². The molecule has 18 heavy (non-hydrogen) atoms. The lowest BCUT2D eigenvalue weighted by Crippen LogP contribution is -2.37. The van der Waals surface area contributed by atoms with Crippen molar-refractivity contribution in [3.8, 4) is 0 Å². The molecule has 1 atom stereocenters. The highest BCUT2D eigenvalue weighted by Crippen LogP contribution is 2.11. The van der Waals surface area contributed by atoms with Gasteiger partial charge in [-0.1, -0.05) is 47.8 Å². The number of halogens is 1. The van der Waals surface area contributed by atoms with Gasteiger partial charge in [0.05, 0.1) is 7.11 Å². The van der Waals surface area contributed by atoms with Gasteiger partial charge in [0.1, 0.15) is 6.04 Å². The lowest BCUT2D eigenvalue weighted by atomic mass is 10.1. The van der Waals surface area contributed by atoms with Crippen LogP contribution in [0.5, 0.6) is 0 Å².